The predicted molar refractivity (Wildman–Crippen MR) is 59.6 cm³/mol. The molecule has 88 valence electrons. The molecule has 1 aromatic rings. The van der Waals surface area contributed by atoms with Crippen LogP contribution in [-0.4, -0.2) is 30.3 Å². The Balaban J connectivity index is 2.45. The second-order valence-corrected chi connectivity index (χ2v) is 3.98. The number of thiophene rings is 1. The fourth-order valence-electron chi connectivity index (χ4n) is 1.20. The van der Waals surface area contributed by atoms with Crippen molar-refractivity contribution in [3.05, 3.63) is 22.4 Å². The normalized spacial score (nSPS) is 11.8. The first-order chi connectivity index (χ1) is 7.63. The topological polar surface area (TPSA) is 75.6 Å². The molecule has 0 spiro atoms. The Morgan fingerprint density at radius 1 is 1.62 bits per heavy atom. The van der Waals surface area contributed by atoms with Crippen molar-refractivity contribution in [1.82, 2.24) is 5.32 Å². The molecule has 0 saturated carbocycles. The second kappa shape index (κ2) is 6.12. The maximum atomic E-state index is 10.9. The van der Waals surface area contributed by atoms with Crippen LogP contribution >= 0.6 is 11.3 Å². The summed E-state index contributed by atoms with van der Waals surface area (Å²) in [5.74, 6) is -1.05. The molecule has 1 atom stereocenters. The van der Waals surface area contributed by atoms with Gasteiger partial charge in [0.1, 0.15) is 6.04 Å². The molecule has 0 aromatic carbocycles. The highest BCUT2D eigenvalue weighted by molar-refractivity contribution is 7.07. The zero-order chi connectivity index (χ0) is 12.0. The third-order valence-electron chi connectivity index (χ3n) is 2.08. The fraction of sp³-hybridized carbons (Fsp3) is 0.400. The minimum Gasteiger partial charge on any atom is -0.480 e. The summed E-state index contributed by atoms with van der Waals surface area (Å²) < 4.78 is 4.36. The zero-order valence-corrected chi connectivity index (χ0v) is 9.62. The van der Waals surface area contributed by atoms with E-state index in [0.717, 1.165) is 5.56 Å². The third kappa shape index (κ3) is 3.90. The molecular formula is C10H13NO4S. The van der Waals surface area contributed by atoms with Crippen molar-refractivity contribution in [3.8, 4) is 0 Å². The number of ether oxygens (including phenoxy) is 1. The van der Waals surface area contributed by atoms with E-state index in [1.54, 1.807) is 11.3 Å². The van der Waals surface area contributed by atoms with Gasteiger partial charge in [-0.2, -0.15) is 11.3 Å². The lowest BCUT2D eigenvalue weighted by molar-refractivity contribution is -0.139. The van der Waals surface area contributed by atoms with Gasteiger partial charge in [-0.25, -0.2) is 9.59 Å². The summed E-state index contributed by atoms with van der Waals surface area (Å²) in [5.41, 5.74) is 1.07. The molecule has 0 aliphatic carbocycles. The Morgan fingerprint density at radius 3 is 2.88 bits per heavy atom. The van der Waals surface area contributed by atoms with Gasteiger partial charge in [0.15, 0.2) is 0 Å². The van der Waals surface area contributed by atoms with Gasteiger partial charge in [-0.15, -0.1) is 0 Å². The van der Waals surface area contributed by atoms with Crippen molar-refractivity contribution in [2.45, 2.75) is 18.9 Å². The van der Waals surface area contributed by atoms with E-state index >= 15 is 0 Å². The summed E-state index contributed by atoms with van der Waals surface area (Å²) in [7, 11) is 1.20. The fourth-order valence-corrected chi connectivity index (χ4v) is 1.91. The Morgan fingerprint density at radius 2 is 2.38 bits per heavy atom. The summed E-state index contributed by atoms with van der Waals surface area (Å²) in [5, 5.41) is 15.0. The van der Waals surface area contributed by atoms with Gasteiger partial charge in [-0.3, -0.25) is 0 Å². The summed E-state index contributed by atoms with van der Waals surface area (Å²) >= 11 is 1.56. The van der Waals surface area contributed by atoms with E-state index in [1.165, 1.54) is 7.11 Å². The van der Waals surface area contributed by atoms with Crippen molar-refractivity contribution in [2.24, 2.45) is 0 Å². The van der Waals surface area contributed by atoms with Gasteiger partial charge >= 0.3 is 12.1 Å². The lowest BCUT2D eigenvalue weighted by atomic mass is 10.1. The van der Waals surface area contributed by atoms with Gasteiger partial charge in [-0.05, 0) is 35.2 Å². The van der Waals surface area contributed by atoms with Gasteiger partial charge in [0, 0.05) is 0 Å². The Hall–Kier alpha value is -1.56. The number of carboxylic acids is 1. The summed E-state index contributed by atoms with van der Waals surface area (Å²) in [6, 6.07) is 1.02. The van der Waals surface area contributed by atoms with Crippen LogP contribution in [0.3, 0.4) is 0 Å². The Bertz CT molecular complexity index is 350. The first-order valence-corrected chi connectivity index (χ1v) is 5.66. The van der Waals surface area contributed by atoms with Crippen LogP contribution in [0.4, 0.5) is 4.79 Å². The van der Waals surface area contributed by atoms with Gasteiger partial charge in [0.25, 0.3) is 0 Å². The molecule has 0 bridgehead atoms. The van der Waals surface area contributed by atoms with E-state index in [4.69, 9.17) is 5.11 Å². The maximum Gasteiger partial charge on any atom is 0.407 e. The summed E-state index contributed by atoms with van der Waals surface area (Å²) in [4.78, 5) is 21.7. The first-order valence-electron chi connectivity index (χ1n) is 4.72. The van der Waals surface area contributed by atoms with E-state index in [9.17, 15) is 9.59 Å². The third-order valence-corrected chi connectivity index (χ3v) is 2.81. The highest BCUT2D eigenvalue weighted by Gasteiger charge is 2.19. The molecule has 1 amide bonds. The minimum absolute atomic E-state index is 0.348. The molecule has 16 heavy (non-hydrogen) atoms. The number of alkyl carbamates (subject to hydrolysis) is 1. The molecule has 5 nitrogen and oxygen atoms in total. The number of rotatable bonds is 5. The largest absolute Gasteiger partial charge is 0.480 e. The highest BCUT2D eigenvalue weighted by atomic mass is 32.1. The van der Waals surface area contributed by atoms with Crippen LogP contribution in [0.15, 0.2) is 16.8 Å². The average Bonchev–Trinajstić information content (AvgIpc) is 2.76. The molecule has 1 heterocycles. The van der Waals surface area contributed by atoms with Crippen molar-refractivity contribution in [1.29, 1.82) is 0 Å². The van der Waals surface area contributed by atoms with Crippen LogP contribution in [0.1, 0.15) is 12.0 Å². The van der Waals surface area contributed by atoms with Crippen LogP contribution < -0.4 is 5.32 Å². The van der Waals surface area contributed by atoms with Crippen molar-refractivity contribution < 1.29 is 19.4 Å². The van der Waals surface area contributed by atoms with Crippen LogP contribution in [0.5, 0.6) is 0 Å². The molecule has 0 aliphatic rings. The van der Waals surface area contributed by atoms with Crippen molar-refractivity contribution in [2.75, 3.05) is 7.11 Å². The average molecular weight is 243 g/mol. The quantitative estimate of drug-likeness (QED) is 0.821. The molecule has 1 unspecified atom stereocenters. The Kier molecular flexibility index (Phi) is 4.78. The standard InChI is InChI=1S/C10H13NO4S/c1-15-10(14)11-8(9(12)13)3-2-7-4-5-16-6-7/h4-6,8H,2-3H2,1H3,(H,11,14)(H,12,13). The van der Waals surface area contributed by atoms with Crippen LogP contribution in [-0.2, 0) is 16.0 Å². The SMILES string of the molecule is COC(=O)NC(CCc1ccsc1)C(=O)O. The smallest absolute Gasteiger partial charge is 0.407 e. The molecule has 6 heteroatoms. The monoisotopic (exact) mass is 243 g/mol. The number of aryl methyl sites for hydroxylation is 1. The number of amides is 1. The lowest BCUT2D eigenvalue weighted by Crippen LogP contribution is -2.40. The molecule has 2 N–H and O–H groups in total. The van der Waals surface area contributed by atoms with Gasteiger partial charge in [-0.1, -0.05) is 0 Å². The first kappa shape index (κ1) is 12.5. The summed E-state index contributed by atoms with van der Waals surface area (Å²) in [6.07, 6.45) is 0.240. The van der Waals surface area contributed by atoms with Crippen LogP contribution in [0.25, 0.3) is 0 Å². The van der Waals surface area contributed by atoms with Gasteiger partial charge < -0.3 is 15.2 Å². The van der Waals surface area contributed by atoms with E-state index in [1.807, 2.05) is 16.8 Å². The van der Waals surface area contributed by atoms with Gasteiger partial charge in [0.2, 0.25) is 0 Å². The van der Waals surface area contributed by atoms with E-state index < -0.39 is 18.1 Å². The van der Waals surface area contributed by atoms with Gasteiger partial charge in [0.05, 0.1) is 7.11 Å². The number of aliphatic carboxylic acids is 1. The number of nitrogens with one attached hydrogen (secondary N) is 1. The van der Waals surface area contributed by atoms with E-state index in [2.05, 4.69) is 10.1 Å². The molecule has 0 aliphatic heterocycles. The highest BCUT2D eigenvalue weighted by Crippen LogP contribution is 2.10. The van der Waals surface area contributed by atoms with Crippen LogP contribution in [0, 0.1) is 0 Å². The minimum atomic E-state index is -1.05. The predicted octanol–water partition coefficient (Wildman–Crippen LogP) is 1.49. The zero-order valence-electron chi connectivity index (χ0n) is 8.80. The number of carbonyl (C=O) groups is 2. The second-order valence-electron chi connectivity index (χ2n) is 3.20. The number of carboxylic acid groups (broad SMARTS) is 1. The molecular weight excluding hydrogens is 230 g/mol. The Labute approximate surface area is 97.0 Å². The summed E-state index contributed by atoms with van der Waals surface area (Å²) in [6.45, 7) is 0. The van der Waals surface area contributed by atoms with E-state index in [-0.39, 0.29) is 0 Å². The van der Waals surface area contributed by atoms with Crippen molar-refractivity contribution >= 4 is 23.4 Å². The lowest BCUT2D eigenvalue weighted by Gasteiger charge is -2.12. The molecule has 0 radical (unpaired) electrons. The molecule has 0 fully saturated rings. The number of hydrogen-bond donors (Lipinski definition) is 2. The van der Waals surface area contributed by atoms with Crippen LogP contribution in [0.2, 0.25) is 0 Å². The molecule has 1 rings (SSSR count). The maximum absolute atomic E-state index is 10.9. The molecule has 0 saturated heterocycles. The molecule has 1 aromatic heterocycles. The van der Waals surface area contributed by atoms with E-state index in [0.29, 0.717) is 12.8 Å². The number of methoxy groups -OCH3 is 1. The number of carbonyl (C=O) groups excluding carboxylic acids is 1. The van der Waals surface area contributed by atoms with Crippen molar-refractivity contribution in [3.63, 3.8) is 0 Å². The number of hydrogen-bond acceptors (Lipinski definition) is 4.